The van der Waals surface area contributed by atoms with Gasteiger partial charge in [-0.25, -0.2) is 0 Å². The van der Waals surface area contributed by atoms with Gasteiger partial charge in [-0.2, -0.15) is 0 Å². The van der Waals surface area contributed by atoms with Crippen LogP contribution in [0.2, 0.25) is 0 Å². The maximum Gasteiger partial charge on any atom is 0.0720 e. The Morgan fingerprint density at radius 2 is 1.12 bits per heavy atom. The van der Waals surface area contributed by atoms with Crippen molar-refractivity contribution in [3.8, 4) is 0 Å². The first-order valence-corrected chi connectivity index (χ1v) is 8.67. The molecule has 0 aromatic heterocycles. The van der Waals surface area contributed by atoms with Gasteiger partial charge in [-0.05, 0) is 11.1 Å². The molecule has 2 aromatic carbocycles. The summed E-state index contributed by atoms with van der Waals surface area (Å²) in [7, 11) is 0. The summed E-state index contributed by atoms with van der Waals surface area (Å²) in [5, 5.41) is 0. The Labute approximate surface area is 107 Å². The summed E-state index contributed by atoms with van der Waals surface area (Å²) >= 11 is 5.37. The van der Waals surface area contributed by atoms with E-state index in [0.29, 0.717) is 12.3 Å². The molecule has 1 N–H and O–H groups in total. The van der Waals surface area contributed by atoms with E-state index in [2.05, 4.69) is 0 Å². The van der Waals surface area contributed by atoms with E-state index in [0.717, 1.165) is 11.1 Å². The van der Waals surface area contributed by atoms with Gasteiger partial charge in [0.1, 0.15) is 0 Å². The highest BCUT2D eigenvalue weighted by atomic mass is 32.4. The van der Waals surface area contributed by atoms with Gasteiger partial charge in [-0.1, -0.05) is 72.5 Å². The molecule has 88 valence electrons. The Balaban J connectivity index is 2.07. The monoisotopic (exact) mass is 262 g/mol. The van der Waals surface area contributed by atoms with Crippen molar-refractivity contribution in [2.24, 2.45) is 0 Å². The Bertz CT molecular complexity index is 465. The standard InChI is InChI=1S/C14H15OPS/c15-16(17,11-13-7-3-1-4-8-13)12-14-9-5-2-6-10-14/h1-10H,11-12H2,(H,15,17). The van der Waals surface area contributed by atoms with Gasteiger partial charge in [0, 0.05) is 12.3 Å². The molecule has 0 bridgehead atoms. The molecule has 0 fully saturated rings. The van der Waals surface area contributed by atoms with E-state index in [9.17, 15) is 4.89 Å². The fourth-order valence-electron chi connectivity index (χ4n) is 1.79. The zero-order valence-corrected chi connectivity index (χ0v) is 11.2. The lowest BCUT2D eigenvalue weighted by atomic mass is 10.2. The summed E-state index contributed by atoms with van der Waals surface area (Å²) in [6.07, 6.45) is -1.08. The number of hydrogen-bond donors (Lipinski definition) is 1. The van der Waals surface area contributed by atoms with Crippen LogP contribution in [0, 0.1) is 0 Å². The Hall–Kier alpha value is -0.950. The topological polar surface area (TPSA) is 20.2 Å². The Morgan fingerprint density at radius 1 is 0.765 bits per heavy atom. The lowest BCUT2D eigenvalue weighted by Crippen LogP contribution is -1.92. The van der Waals surface area contributed by atoms with Crippen molar-refractivity contribution in [1.82, 2.24) is 0 Å². The van der Waals surface area contributed by atoms with E-state index in [1.807, 2.05) is 60.7 Å². The minimum absolute atomic E-state index is 0.609. The molecule has 2 rings (SSSR count). The van der Waals surface area contributed by atoms with E-state index in [4.69, 9.17) is 11.8 Å². The molecule has 0 radical (unpaired) electrons. The van der Waals surface area contributed by atoms with Gasteiger partial charge in [-0.15, -0.1) is 0 Å². The van der Waals surface area contributed by atoms with Crippen LogP contribution in [0.4, 0.5) is 0 Å². The summed E-state index contributed by atoms with van der Waals surface area (Å²) < 4.78 is 0. The van der Waals surface area contributed by atoms with Crippen molar-refractivity contribution >= 4 is 18.1 Å². The highest BCUT2D eigenvalue weighted by molar-refractivity contribution is 8.11. The molecular weight excluding hydrogens is 247 g/mol. The molecule has 0 unspecified atom stereocenters. The molecule has 0 aliphatic carbocycles. The lowest BCUT2D eigenvalue weighted by Gasteiger charge is -2.15. The van der Waals surface area contributed by atoms with Crippen LogP contribution in [-0.2, 0) is 24.1 Å². The first-order chi connectivity index (χ1) is 8.16. The quantitative estimate of drug-likeness (QED) is 0.846. The Kier molecular flexibility index (Phi) is 4.11. The van der Waals surface area contributed by atoms with E-state index in [1.165, 1.54) is 0 Å². The SMILES string of the molecule is OP(=S)(Cc1ccccc1)Cc1ccccc1. The third-order valence-electron chi connectivity index (χ3n) is 2.54. The second kappa shape index (κ2) is 5.59. The van der Waals surface area contributed by atoms with Gasteiger partial charge in [0.25, 0.3) is 0 Å². The maximum absolute atomic E-state index is 10.3. The number of rotatable bonds is 4. The van der Waals surface area contributed by atoms with Gasteiger partial charge >= 0.3 is 0 Å². The zero-order chi connectivity index (χ0) is 12.1. The highest BCUT2D eigenvalue weighted by Crippen LogP contribution is 2.48. The van der Waals surface area contributed by atoms with Gasteiger partial charge < -0.3 is 4.89 Å². The van der Waals surface area contributed by atoms with Crippen LogP contribution in [0.3, 0.4) is 0 Å². The average Bonchev–Trinajstić information content (AvgIpc) is 2.30. The summed E-state index contributed by atoms with van der Waals surface area (Å²) in [4.78, 5) is 10.3. The van der Waals surface area contributed by atoms with E-state index in [1.54, 1.807) is 0 Å². The number of hydrogen-bond acceptors (Lipinski definition) is 1. The minimum Gasteiger partial charge on any atom is -0.365 e. The van der Waals surface area contributed by atoms with Crippen LogP contribution < -0.4 is 0 Å². The van der Waals surface area contributed by atoms with Gasteiger partial charge in [-0.3, -0.25) is 0 Å². The smallest absolute Gasteiger partial charge is 0.0720 e. The molecule has 0 saturated carbocycles. The predicted octanol–water partition coefficient (Wildman–Crippen LogP) is 3.77. The van der Waals surface area contributed by atoms with Crippen molar-refractivity contribution < 1.29 is 4.89 Å². The highest BCUT2D eigenvalue weighted by Gasteiger charge is 2.14. The van der Waals surface area contributed by atoms with Crippen molar-refractivity contribution in [1.29, 1.82) is 0 Å². The second-order valence-corrected chi connectivity index (χ2v) is 8.50. The van der Waals surface area contributed by atoms with Crippen molar-refractivity contribution in [3.63, 3.8) is 0 Å². The second-order valence-electron chi connectivity index (χ2n) is 4.13. The summed E-state index contributed by atoms with van der Waals surface area (Å²) in [5.74, 6) is 0. The largest absolute Gasteiger partial charge is 0.365 e. The number of benzene rings is 2. The molecule has 1 nitrogen and oxygen atoms in total. The van der Waals surface area contributed by atoms with Crippen LogP contribution >= 0.6 is 6.26 Å². The fourth-order valence-corrected chi connectivity index (χ4v) is 4.36. The molecule has 0 spiro atoms. The minimum atomic E-state index is -2.30. The third kappa shape index (κ3) is 4.08. The van der Waals surface area contributed by atoms with Crippen molar-refractivity contribution in [2.45, 2.75) is 12.3 Å². The molecular formula is C14H15OPS. The zero-order valence-electron chi connectivity index (χ0n) is 9.49. The van der Waals surface area contributed by atoms with Crippen LogP contribution in [-0.4, -0.2) is 4.89 Å². The van der Waals surface area contributed by atoms with E-state index < -0.39 is 6.26 Å². The van der Waals surface area contributed by atoms with Gasteiger partial charge in [0.2, 0.25) is 0 Å². The van der Waals surface area contributed by atoms with Gasteiger partial charge in [0.15, 0.2) is 0 Å². The molecule has 0 heterocycles. The first kappa shape index (κ1) is 12.5. The van der Waals surface area contributed by atoms with Crippen molar-refractivity contribution in [3.05, 3.63) is 71.8 Å². The molecule has 0 atom stereocenters. The summed E-state index contributed by atoms with van der Waals surface area (Å²) in [6.45, 7) is 0. The van der Waals surface area contributed by atoms with Crippen LogP contribution in [0.5, 0.6) is 0 Å². The maximum atomic E-state index is 10.3. The molecule has 0 aliphatic heterocycles. The first-order valence-electron chi connectivity index (χ1n) is 5.54. The summed E-state index contributed by atoms with van der Waals surface area (Å²) in [5.41, 5.74) is 2.24. The van der Waals surface area contributed by atoms with Gasteiger partial charge in [0.05, 0.1) is 6.26 Å². The van der Waals surface area contributed by atoms with Crippen LogP contribution in [0.25, 0.3) is 0 Å². The van der Waals surface area contributed by atoms with Crippen LogP contribution in [0.15, 0.2) is 60.7 Å². The van der Waals surface area contributed by atoms with Crippen molar-refractivity contribution in [2.75, 3.05) is 0 Å². The Morgan fingerprint density at radius 3 is 1.47 bits per heavy atom. The molecule has 2 aromatic rings. The molecule has 0 amide bonds. The van der Waals surface area contributed by atoms with Crippen LogP contribution in [0.1, 0.15) is 11.1 Å². The predicted molar refractivity (Wildman–Crippen MR) is 76.8 cm³/mol. The molecule has 0 aliphatic rings. The normalized spacial score (nSPS) is 11.4. The molecule has 3 heteroatoms. The fraction of sp³-hybridized carbons (Fsp3) is 0.143. The summed E-state index contributed by atoms with van der Waals surface area (Å²) in [6, 6.07) is 19.9. The van der Waals surface area contributed by atoms with E-state index in [-0.39, 0.29) is 0 Å². The average molecular weight is 262 g/mol. The molecule has 17 heavy (non-hydrogen) atoms. The third-order valence-corrected chi connectivity index (χ3v) is 5.04. The molecule has 0 saturated heterocycles. The van der Waals surface area contributed by atoms with E-state index >= 15 is 0 Å². The lowest BCUT2D eigenvalue weighted by molar-refractivity contribution is 0.618.